The van der Waals surface area contributed by atoms with E-state index >= 15 is 0 Å². The minimum absolute atomic E-state index is 0.548. The molecule has 0 aliphatic heterocycles. The highest BCUT2D eigenvalue weighted by molar-refractivity contribution is 5.43. The van der Waals surface area contributed by atoms with E-state index in [0.29, 0.717) is 6.07 Å². The molecular formula is C12H8F3NO4. The Balaban J connectivity index is 2.65. The normalized spacial score (nSPS) is 14.8. The van der Waals surface area contributed by atoms with Crippen molar-refractivity contribution in [3.63, 3.8) is 0 Å². The molecule has 0 saturated heterocycles. The van der Waals surface area contributed by atoms with Crippen molar-refractivity contribution >= 4 is 5.69 Å². The topological polar surface area (TPSA) is 76.5 Å². The first-order chi connectivity index (χ1) is 9.26. The molecular weight excluding hydrogens is 279 g/mol. The number of non-ortho nitro benzene ring substituents is 1. The van der Waals surface area contributed by atoms with Crippen molar-refractivity contribution in [1.29, 1.82) is 0 Å². The molecule has 0 bridgehead atoms. The van der Waals surface area contributed by atoms with Crippen LogP contribution in [0, 0.1) is 10.1 Å². The van der Waals surface area contributed by atoms with Gasteiger partial charge in [0.1, 0.15) is 0 Å². The molecule has 1 unspecified atom stereocenters. The molecule has 0 aliphatic rings. The van der Waals surface area contributed by atoms with Gasteiger partial charge in [0.25, 0.3) is 5.69 Å². The van der Waals surface area contributed by atoms with Crippen LogP contribution in [0.25, 0.3) is 0 Å². The summed E-state index contributed by atoms with van der Waals surface area (Å²) >= 11 is 0. The highest BCUT2D eigenvalue weighted by Crippen LogP contribution is 2.44. The zero-order valence-electron chi connectivity index (χ0n) is 9.79. The number of furan rings is 1. The van der Waals surface area contributed by atoms with Crippen molar-refractivity contribution in [2.24, 2.45) is 0 Å². The van der Waals surface area contributed by atoms with Gasteiger partial charge in [-0.2, -0.15) is 13.2 Å². The third-order valence-corrected chi connectivity index (χ3v) is 2.82. The van der Waals surface area contributed by atoms with Gasteiger partial charge in [0.2, 0.25) is 5.60 Å². The van der Waals surface area contributed by atoms with Crippen molar-refractivity contribution in [3.8, 4) is 0 Å². The fourth-order valence-corrected chi connectivity index (χ4v) is 1.81. The number of nitrogens with zero attached hydrogens (tertiary/aromatic N) is 1. The van der Waals surface area contributed by atoms with Gasteiger partial charge in [-0.05, 0) is 6.07 Å². The molecule has 5 nitrogen and oxygen atoms in total. The summed E-state index contributed by atoms with van der Waals surface area (Å²) in [5, 5.41) is 20.7. The number of hydrogen-bond donors (Lipinski definition) is 1. The van der Waals surface area contributed by atoms with Gasteiger partial charge in [-0.3, -0.25) is 10.1 Å². The largest absolute Gasteiger partial charge is 0.472 e. The van der Waals surface area contributed by atoms with Crippen LogP contribution in [0.5, 0.6) is 0 Å². The lowest BCUT2D eigenvalue weighted by Gasteiger charge is -2.29. The summed E-state index contributed by atoms with van der Waals surface area (Å²) in [6, 6.07) is 4.71. The molecule has 0 radical (unpaired) electrons. The minimum atomic E-state index is -5.06. The molecule has 106 valence electrons. The number of halogens is 3. The number of rotatable bonds is 3. The highest BCUT2D eigenvalue weighted by atomic mass is 19.4. The van der Waals surface area contributed by atoms with Crippen molar-refractivity contribution in [2.75, 3.05) is 0 Å². The maximum Gasteiger partial charge on any atom is 0.425 e. The van der Waals surface area contributed by atoms with E-state index in [-0.39, 0.29) is 0 Å². The van der Waals surface area contributed by atoms with Gasteiger partial charge in [0, 0.05) is 23.3 Å². The average molecular weight is 287 g/mol. The molecule has 2 rings (SSSR count). The smallest absolute Gasteiger partial charge is 0.425 e. The second-order valence-corrected chi connectivity index (χ2v) is 4.03. The fourth-order valence-electron chi connectivity index (χ4n) is 1.81. The number of nitro benzene ring substituents is 1. The molecule has 0 fully saturated rings. The average Bonchev–Trinajstić information content (AvgIpc) is 2.90. The van der Waals surface area contributed by atoms with Gasteiger partial charge >= 0.3 is 6.18 Å². The maximum absolute atomic E-state index is 13.2. The summed E-state index contributed by atoms with van der Waals surface area (Å²) < 4.78 is 44.2. The molecule has 1 aromatic heterocycles. The van der Waals surface area contributed by atoms with Crippen LogP contribution in [0.1, 0.15) is 11.1 Å². The lowest BCUT2D eigenvalue weighted by Crippen LogP contribution is -2.43. The second kappa shape index (κ2) is 4.64. The van der Waals surface area contributed by atoms with Gasteiger partial charge < -0.3 is 9.52 Å². The Bertz CT molecular complexity index is 624. The SMILES string of the molecule is O=[N+]([O-])c1cccc(C(O)(c2ccoc2)C(F)(F)F)c1. The molecule has 1 aromatic carbocycles. The van der Waals surface area contributed by atoms with E-state index in [9.17, 15) is 28.4 Å². The van der Waals surface area contributed by atoms with E-state index in [1.807, 2.05) is 0 Å². The summed E-state index contributed by atoms with van der Waals surface area (Å²) in [6.07, 6.45) is -3.35. The van der Waals surface area contributed by atoms with E-state index < -0.39 is 33.5 Å². The Morgan fingerprint density at radius 3 is 2.40 bits per heavy atom. The zero-order chi connectivity index (χ0) is 15.0. The van der Waals surface area contributed by atoms with Crippen LogP contribution in [0.15, 0.2) is 47.3 Å². The molecule has 1 atom stereocenters. The molecule has 20 heavy (non-hydrogen) atoms. The van der Waals surface area contributed by atoms with Crippen LogP contribution in [0.2, 0.25) is 0 Å². The predicted molar refractivity (Wildman–Crippen MR) is 60.9 cm³/mol. The molecule has 1 N–H and O–H groups in total. The Morgan fingerprint density at radius 2 is 1.90 bits per heavy atom. The summed E-state index contributed by atoms with van der Waals surface area (Å²) in [4.78, 5) is 9.80. The van der Waals surface area contributed by atoms with Crippen LogP contribution in [-0.4, -0.2) is 16.2 Å². The van der Waals surface area contributed by atoms with Gasteiger partial charge in [0.15, 0.2) is 0 Å². The van der Waals surface area contributed by atoms with Crippen molar-refractivity contribution in [2.45, 2.75) is 11.8 Å². The summed E-state index contributed by atoms with van der Waals surface area (Å²) in [5.74, 6) is 0. The van der Waals surface area contributed by atoms with Crippen LogP contribution in [-0.2, 0) is 5.60 Å². The number of alkyl halides is 3. The highest BCUT2D eigenvalue weighted by Gasteiger charge is 2.57. The third kappa shape index (κ3) is 2.14. The lowest BCUT2D eigenvalue weighted by atomic mass is 9.87. The third-order valence-electron chi connectivity index (χ3n) is 2.82. The van der Waals surface area contributed by atoms with E-state index in [4.69, 9.17) is 0 Å². The monoisotopic (exact) mass is 287 g/mol. The summed E-state index contributed by atoms with van der Waals surface area (Å²) in [5.41, 5.74) is -5.12. The predicted octanol–water partition coefficient (Wildman–Crippen LogP) is 2.99. The van der Waals surface area contributed by atoms with Gasteiger partial charge in [-0.15, -0.1) is 0 Å². The lowest BCUT2D eigenvalue weighted by molar-refractivity contribution is -0.385. The molecule has 2 aromatic rings. The molecule has 0 amide bonds. The first-order valence-electron chi connectivity index (χ1n) is 5.33. The molecule has 8 heteroatoms. The first kappa shape index (κ1) is 14.1. The standard InChI is InChI=1S/C12H8F3NO4/c13-12(14,15)11(17,9-4-5-20-7-9)8-2-1-3-10(6-8)16(18)19/h1-7,17H. The van der Waals surface area contributed by atoms with Crippen molar-refractivity contribution < 1.29 is 27.6 Å². The van der Waals surface area contributed by atoms with Gasteiger partial charge in [-0.25, -0.2) is 0 Å². The molecule has 0 saturated carbocycles. The maximum atomic E-state index is 13.2. The van der Waals surface area contributed by atoms with Crippen molar-refractivity contribution in [3.05, 3.63) is 64.1 Å². The van der Waals surface area contributed by atoms with E-state index in [0.717, 1.165) is 36.8 Å². The number of aliphatic hydroxyl groups is 1. The van der Waals surface area contributed by atoms with Crippen LogP contribution in [0.4, 0.5) is 18.9 Å². The van der Waals surface area contributed by atoms with E-state index in [2.05, 4.69) is 4.42 Å². The molecule has 1 heterocycles. The quantitative estimate of drug-likeness (QED) is 0.695. The van der Waals surface area contributed by atoms with Crippen LogP contribution >= 0.6 is 0 Å². The molecule has 0 spiro atoms. The Kier molecular flexibility index (Phi) is 3.26. The summed E-state index contributed by atoms with van der Waals surface area (Å²) in [6.45, 7) is 0. The number of nitro groups is 1. The Hall–Kier alpha value is -2.35. The second-order valence-electron chi connectivity index (χ2n) is 4.03. The van der Waals surface area contributed by atoms with Crippen LogP contribution < -0.4 is 0 Å². The van der Waals surface area contributed by atoms with Gasteiger partial charge in [0.05, 0.1) is 17.4 Å². The van der Waals surface area contributed by atoms with Crippen LogP contribution in [0.3, 0.4) is 0 Å². The van der Waals surface area contributed by atoms with E-state index in [1.54, 1.807) is 0 Å². The minimum Gasteiger partial charge on any atom is -0.472 e. The molecule has 0 aliphatic carbocycles. The first-order valence-corrected chi connectivity index (χ1v) is 5.33. The number of hydrogen-bond acceptors (Lipinski definition) is 4. The summed E-state index contributed by atoms with van der Waals surface area (Å²) in [7, 11) is 0. The Labute approximate surface area is 110 Å². The Morgan fingerprint density at radius 1 is 1.20 bits per heavy atom. The van der Waals surface area contributed by atoms with E-state index in [1.165, 1.54) is 0 Å². The fraction of sp³-hybridized carbons (Fsp3) is 0.167. The number of benzene rings is 1. The van der Waals surface area contributed by atoms with Gasteiger partial charge in [-0.1, -0.05) is 12.1 Å². The van der Waals surface area contributed by atoms with Crippen molar-refractivity contribution in [1.82, 2.24) is 0 Å². The zero-order valence-corrected chi connectivity index (χ0v) is 9.79.